The molecule has 124 valence electrons. The number of carbonyl (C=O) groups is 2. The fourth-order valence-electron chi connectivity index (χ4n) is 2.75. The number of amides is 1. The standard InChI is InChI=1S/C18H17ClN2O3/c1-12(24-18(23)15-7-4-9-20-16(15)19)17(22)21-10-8-13-5-2-3-6-14(13)11-21/h2-7,9,12H,8,10-11H2,1H3/t12-/m0/s1. The molecule has 0 saturated heterocycles. The van der Waals surface area contributed by atoms with E-state index < -0.39 is 12.1 Å². The van der Waals surface area contributed by atoms with Crippen molar-refractivity contribution in [1.29, 1.82) is 0 Å². The number of pyridine rings is 1. The number of nitrogens with zero attached hydrogens (tertiary/aromatic N) is 2. The molecule has 3 rings (SSSR count). The van der Waals surface area contributed by atoms with Crippen molar-refractivity contribution in [1.82, 2.24) is 9.88 Å². The summed E-state index contributed by atoms with van der Waals surface area (Å²) in [5.41, 5.74) is 2.54. The van der Waals surface area contributed by atoms with Gasteiger partial charge in [0.2, 0.25) is 0 Å². The third kappa shape index (κ3) is 3.41. The van der Waals surface area contributed by atoms with E-state index in [0.29, 0.717) is 13.1 Å². The first-order valence-corrected chi connectivity index (χ1v) is 8.11. The highest BCUT2D eigenvalue weighted by Crippen LogP contribution is 2.20. The smallest absolute Gasteiger partial charge is 0.342 e. The first-order valence-electron chi connectivity index (χ1n) is 7.73. The predicted octanol–water partition coefficient (Wildman–Crippen LogP) is 2.87. The zero-order valence-corrected chi connectivity index (χ0v) is 14.0. The molecule has 6 heteroatoms. The average molecular weight is 345 g/mol. The third-order valence-electron chi connectivity index (χ3n) is 4.05. The molecule has 2 aromatic rings. The van der Waals surface area contributed by atoms with Crippen molar-refractivity contribution in [3.63, 3.8) is 0 Å². The molecule has 1 amide bonds. The van der Waals surface area contributed by atoms with Crippen molar-refractivity contribution in [2.24, 2.45) is 0 Å². The molecule has 0 fully saturated rings. The maximum absolute atomic E-state index is 12.6. The molecule has 5 nitrogen and oxygen atoms in total. The molecule has 0 bridgehead atoms. The molecule has 0 unspecified atom stereocenters. The highest BCUT2D eigenvalue weighted by atomic mass is 35.5. The van der Waals surface area contributed by atoms with Gasteiger partial charge >= 0.3 is 5.97 Å². The van der Waals surface area contributed by atoms with Crippen LogP contribution in [0.25, 0.3) is 0 Å². The molecule has 0 radical (unpaired) electrons. The van der Waals surface area contributed by atoms with Gasteiger partial charge in [-0.25, -0.2) is 9.78 Å². The first-order chi connectivity index (χ1) is 11.6. The summed E-state index contributed by atoms with van der Waals surface area (Å²) >= 11 is 5.88. The summed E-state index contributed by atoms with van der Waals surface area (Å²) in [6, 6.07) is 11.2. The van der Waals surface area contributed by atoms with Crippen LogP contribution in [0.4, 0.5) is 0 Å². The second-order valence-electron chi connectivity index (χ2n) is 5.67. The minimum atomic E-state index is -0.876. The highest BCUT2D eigenvalue weighted by Gasteiger charge is 2.27. The normalized spacial score (nSPS) is 14.7. The number of carbonyl (C=O) groups excluding carboxylic acids is 2. The molecule has 1 atom stereocenters. The van der Waals surface area contributed by atoms with Crippen molar-refractivity contribution in [2.45, 2.75) is 26.0 Å². The fourth-order valence-corrected chi connectivity index (χ4v) is 2.95. The molecular formula is C18H17ClN2O3. The van der Waals surface area contributed by atoms with E-state index in [1.165, 1.54) is 17.8 Å². The molecule has 0 saturated carbocycles. The Hall–Kier alpha value is -2.40. The second-order valence-corrected chi connectivity index (χ2v) is 6.03. The van der Waals surface area contributed by atoms with Gasteiger partial charge in [0.05, 0.1) is 5.56 Å². The van der Waals surface area contributed by atoms with Crippen LogP contribution in [-0.4, -0.2) is 34.4 Å². The average Bonchev–Trinajstić information content (AvgIpc) is 2.60. The van der Waals surface area contributed by atoms with Crippen LogP contribution in [0.1, 0.15) is 28.4 Å². The molecular weight excluding hydrogens is 328 g/mol. The predicted molar refractivity (Wildman–Crippen MR) is 89.7 cm³/mol. The number of rotatable bonds is 3. The Labute approximate surface area is 145 Å². The van der Waals surface area contributed by atoms with E-state index in [1.807, 2.05) is 18.2 Å². The van der Waals surface area contributed by atoms with Crippen molar-refractivity contribution in [3.05, 3.63) is 64.4 Å². The molecule has 2 heterocycles. The SMILES string of the molecule is C[C@H](OC(=O)c1cccnc1Cl)C(=O)N1CCc2ccccc2C1. The van der Waals surface area contributed by atoms with Crippen molar-refractivity contribution in [3.8, 4) is 0 Å². The van der Waals surface area contributed by atoms with E-state index >= 15 is 0 Å². The van der Waals surface area contributed by atoms with Crippen LogP contribution >= 0.6 is 11.6 Å². The Kier molecular flexibility index (Phi) is 4.81. The number of hydrogen-bond acceptors (Lipinski definition) is 4. The topological polar surface area (TPSA) is 59.5 Å². The number of halogens is 1. The lowest BCUT2D eigenvalue weighted by molar-refractivity contribution is -0.140. The summed E-state index contributed by atoms with van der Waals surface area (Å²) in [6.45, 7) is 2.72. The number of aromatic nitrogens is 1. The summed E-state index contributed by atoms with van der Waals surface area (Å²) < 4.78 is 5.27. The molecule has 0 N–H and O–H groups in total. The van der Waals surface area contributed by atoms with Crippen LogP contribution in [0.3, 0.4) is 0 Å². The van der Waals surface area contributed by atoms with Gasteiger partial charge < -0.3 is 9.64 Å². The lowest BCUT2D eigenvalue weighted by Crippen LogP contribution is -2.42. The Morgan fingerprint density at radius 3 is 2.71 bits per heavy atom. The summed E-state index contributed by atoms with van der Waals surface area (Å²) in [6.07, 6.45) is 1.41. The quantitative estimate of drug-likeness (QED) is 0.634. The summed E-state index contributed by atoms with van der Waals surface area (Å²) in [7, 11) is 0. The first kappa shape index (κ1) is 16.5. The molecule has 1 aliphatic rings. The van der Waals surface area contributed by atoms with Gasteiger partial charge in [0.25, 0.3) is 5.91 Å². The summed E-state index contributed by atoms with van der Waals surface area (Å²) in [5, 5.41) is 0.0639. The van der Waals surface area contributed by atoms with Gasteiger partial charge in [0.15, 0.2) is 6.10 Å². The highest BCUT2D eigenvalue weighted by molar-refractivity contribution is 6.32. The maximum Gasteiger partial charge on any atom is 0.342 e. The zero-order valence-electron chi connectivity index (χ0n) is 13.2. The summed E-state index contributed by atoms with van der Waals surface area (Å²) in [5.74, 6) is -0.857. The lowest BCUT2D eigenvalue weighted by atomic mass is 9.99. The fraction of sp³-hybridized carbons (Fsp3) is 0.278. The molecule has 1 aromatic carbocycles. The minimum Gasteiger partial charge on any atom is -0.449 e. The summed E-state index contributed by atoms with van der Waals surface area (Å²) in [4.78, 5) is 30.3. The van der Waals surface area contributed by atoms with Gasteiger partial charge in [-0.15, -0.1) is 0 Å². The molecule has 0 spiro atoms. The van der Waals surface area contributed by atoms with E-state index in [0.717, 1.165) is 12.0 Å². The van der Waals surface area contributed by atoms with Gasteiger partial charge in [-0.1, -0.05) is 35.9 Å². The van der Waals surface area contributed by atoms with Crippen molar-refractivity contribution >= 4 is 23.5 Å². The van der Waals surface area contributed by atoms with Crippen LogP contribution in [0.5, 0.6) is 0 Å². The van der Waals surface area contributed by atoms with E-state index in [9.17, 15) is 9.59 Å². The second kappa shape index (κ2) is 7.01. The Morgan fingerprint density at radius 2 is 1.96 bits per heavy atom. The monoisotopic (exact) mass is 344 g/mol. The minimum absolute atomic E-state index is 0.0639. The number of fused-ring (bicyclic) bond motifs is 1. The van der Waals surface area contributed by atoms with E-state index in [1.54, 1.807) is 17.9 Å². The van der Waals surface area contributed by atoms with E-state index in [4.69, 9.17) is 16.3 Å². The van der Waals surface area contributed by atoms with Crippen LogP contribution in [0.2, 0.25) is 5.15 Å². The molecule has 0 aliphatic carbocycles. The lowest BCUT2D eigenvalue weighted by Gasteiger charge is -2.30. The van der Waals surface area contributed by atoms with E-state index in [-0.39, 0.29) is 16.6 Å². The van der Waals surface area contributed by atoms with Gasteiger partial charge in [-0.05, 0) is 36.6 Å². The van der Waals surface area contributed by atoms with Crippen LogP contribution in [-0.2, 0) is 22.5 Å². The van der Waals surface area contributed by atoms with Gasteiger partial charge in [0, 0.05) is 19.3 Å². The van der Waals surface area contributed by atoms with Gasteiger partial charge in [-0.2, -0.15) is 0 Å². The Bertz CT molecular complexity index is 778. The maximum atomic E-state index is 12.6. The van der Waals surface area contributed by atoms with Crippen LogP contribution in [0, 0.1) is 0 Å². The Morgan fingerprint density at radius 1 is 1.21 bits per heavy atom. The van der Waals surface area contributed by atoms with E-state index in [2.05, 4.69) is 11.1 Å². The zero-order chi connectivity index (χ0) is 17.1. The van der Waals surface area contributed by atoms with Gasteiger partial charge in [0.1, 0.15) is 5.15 Å². The van der Waals surface area contributed by atoms with Crippen molar-refractivity contribution in [2.75, 3.05) is 6.54 Å². The number of ether oxygens (including phenoxy) is 1. The molecule has 24 heavy (non-hydrogen) atoms. The number of benzene rings is 1. The Balaban J connectivity index is 1.65. The van der Waals surface area contributed by atoms with Crippen molar-refractivity contribution < 1.29 is 14.3 Å². The van der Waals surface area contributed by atoms with Crippen LogP contribution in [0.15, 0.2) is 42.6 Å². The molecule has 1 aliphatic heterocycles. The number of hydrogen-bond donors (Lipinski definition) is 0. The molecule has 1 aromatic heterocycles. The van der Waals surface area contributed by atoms with Crippen LogP contribution < -0.4 is 0 Å². The largest absolute Gasteiger partial charge is 0.449 e. The third-order valence-corrected chi connectivity index (χ3v) is 4.35. The van der Waals surface area contributed by atoms with Gasteiger partial charge in [-0.3, -0.25) is 4.79 Å². The number of esters is 1.